The maximum atomic E-state index is 10.6. The monoisotopic (exact) mass is 236 g/mol. The zero-order valence-electron chi connectivity index (χ0n) is 9.14. The Hall–Kier alpha value is -1.18. The molecule has 0 heterocycles. The summed E-state index contributed by atoms with van der Waals surface area (Å²) in [5.41, 5.74) is 0. The van der Waals surface area contributed by atoms with Crippen molar-refractivity contribution >= 4 is 11.9 Å². The summed E-state index contributed by atoms with van der Waals surface area (Å²) in [7, 11) is 1.28. The summed E-state index contributed by atoms with van der Waals surface area (Å²) in [6.45, 7) is 0.650. The quantitative estimate of drug-likeness (QED) is 0.396. The zero-order valence-corrected chi connectivity index (χ0v) is 9.14. The van der Waals surface area contributed by atoms with Gasteiger partial charge in [0.25, 0.3) is 0 Å². The molecule has 0 saturated carbocycles. The molecule has 0 aliphatic heterocycles. The average molecular weight is 236 g/mol. The van der Waals surface area contributed by atoms with Gasteiger partial charge in [-0.1, -0.05) is 0 Å². The van der Waals surface area contributed by atoms with E-state index in [4.69, 9.17) is 19.3 Å². The molecule has 0 aliphatic carbocycles. The van der Waals surface area contributed by atoms with Crippen LogP contribution in [0.15, 0.2) is 0 Å². The molecule has 0 aromatic heterocycles. The minimum absolute atomic E-state index is 0.102. The normalized spacial score (nSPS) is 10.1. The van der Waals surface area contributed by atoms with Crippen molar-refractivity contribution in [3.63, 3.8) is 0 Å². The number of carbonyl (C=O) groups excluding carboxylic acids is 1. The van der Waals surface area contributed by atoms with E-state index in [0.29, 0.717) is 6.61 Å². The van der Waals surface area contributed by atoms with Crippen LogP contribution in [0.1, 0.15) is 0 Å². The molecule has 0 spiro atoms. The van der Waals surface area contributed by atoms with Crippen LogP contribution in [0.25, 0.3) is 0 Å². The fourth-order valence-electron chi connectivity index (χ4n) is 0.712. The fraction of sp³-hybridized carbons (Fsp3) is 0.778. The van der Waals surface area contributed by atoms with E-state index in [-0.39, 0.29) is 33.0 Å². The first-order valence-corrected chi connectivity index (χ1v) is 4.68. The van der Waals surface area contributed by atoms with Crippen LogP contribution in [0.4, 0.5) is 0 Å². The standard InChI is InChI=1S/C9H16O7/c1-13-9(12)7-16-5-3-14-2-4-15-6-8(10)11/h2-7H2,1H3,(H,10,11). The van der Waals surface area contributed by atoms with Gasteiger partial charge in [0.15, 0.2) is 0 Å². The van der Waals surface area contributed by atoms with Gasteiger partial charge in [0.05, 0.1) is 33.5 Å². The van der Waals surface area contributed by atoms with Crippen molar-refractivity contribution in [3.8, 4) is 0 Å². The minimum atomic E-state index is -1.01. The molecule has 0 saturated heterocycles. The van der Waals surface area contributed by atoms with E-state index in [1.165, 1.54) is 7.11 Å². The van der Waals surface area contributed by atoms with Crippen molar-refractivity contribution in [1.82, 2.24) is 0 Å². The van der Waals surface area contributed by atoms with Gasteiger partial charge < -0.3 is 24.1 Å². The van der Waals surface area contributed by atoms with Crippen molar-refractivity contribution in [3.05, 3.63) is 0 Å². The van der Waals surface area contributed by atoms with E-state index >= 15 is 0 Å². The van der Waals surface area contributed by atoms with Crippen molar-refractivity contribution in [2.75, 3.05) is 46.8 Å². The smallest absolute Gasteiger partial charge is 0.331 e. The number of carbonyl (C=O) groups is 2. The molecule has 16 heavy (non-hydrogen) atoms. The molecule has 0 bridgehead atoms. The molecule has 0 unspecified atom stereocenters. The minimum Gasteiger partial charge on any atom is -0.480 e. The number of carboxylic acids is 1. The topological polar surface area (TPSA) is 91.3 Å². The molecule has 0 atom stereocenters. The lowest BCUT2D eigenvalue weighted by molar-refractivity contribution is -0.146. The Balaban J connectivity index is 3.04. The second-order valence-corrected chi connectivity index (χ2v) is 2.69. The molecule has 0 radical (unpaired) electrons. The number of ether oxygens (including phenoxy) is 4. The van der Waals surface area contributed by atoms with Crippen LogP contribution in [0.5, 0.6) is 0 Å². The summed E-state index contributed by atoms with van der Waals surface area (Å²) < 4.78 is 19.0. The summed E-state index contributed by atoms with van der Waals surface area (Å²) in [6, 6.07) is 0. The Kier molecular flexibility index (Phi) is 9.58. The number of rotatable bonds is 10. The average Bonchev–Trinajstić information content (AvgIpc) is 2.26. The molecule has 94 valence electrons. The summed E-state index contributed by atoms with van der Waals surface area (Å²) in [4.78, 5) is 20.6. The van der Waals surface area contributed by atoms with Crippen molar-refractivity contribution in [1.29, 1.82) is 0 Å². The van der Waals surface area contributed by atoms with Gasteiger partial charge in [-0.05, 0) is 0 Å². The predicted octanol–water partition coefficient (Wildman–Crippen LogP) is -0.706. The number of aliphatic carboxylic acids is 1. The molecular formula is C9H16O7. The summed E-state index contributed by atoms with van der Waals surface area (Å²) in [6.07, 6.45) is 0. The molecule has 7 heteroatoms. The lowest BCUT2D eigenvalue weighted by atomic mass is 10.7. The van der Waals surface area contributed by atoms with Gasteiger partial charge >= 0.3 is 11.9 Å². The van der Waals surface area contributed by atoms with Crippen molar-refractivity contribution in [2.45, 2.75) is 0 Å². The first-order chi connectivity index (χ1) is 7.66. The highest BCUT2D eigenvalue weighted by Crippen LogP contribution is 1.82. The highest BCUT2D eigenvalue weighted by molar-refractivity contribution is 5.70. The maximum absolute atomic E-state index is 10.6. The highest BCUT2D eigenvalue weighted by atomic mass is 16.6. The number of methoxy groups -OCH3 is 1. The molecule has 0 amide bonds. The highest BCUT2D eigenvalue weighted by Gasteiger charge is 1.99. The SMILES string of the molecule is COC(=O)COCCOCCOCC(=O)O. The third kappa shape index (κ3) is 10.9. The van der Waals surface area contributed by atoms with Gasteiger partial charge in [-0.3, -0.25) is 0 Å². The van der Waals surface area contributed by atoms with Crippen LogP contribution in [0.3, 0.4) is 0 Å². The van der Waals surface area contributed by atoms with E-state index in [0.717, 1.165) is 0 Å². The van der Waals surface area contributed by atoms with Gasteiger partial charge in [0.1, 0.15) is 13.2 Å². The Morgan fingerprint density at radius 3 is 1.94 bits per heavy atom. The van der Waals surface area contributed by atoms with E-state index in [1.807, 2.05) is 0 Å². The van der Waals surface area contributed by atoms with Gasteiger partial charge in [-0.15, -0.1) is 0 Å². The molecule has 7 nitrogen and oxygen atoms in total. The fourth-order valence-corrected chi connectivity index (χ4v) is 0.712. The molecule has 1 N–H and O–H groups in total. The number of carboxylic acid groups (broad SMARTS) is 1. The van der Waals surface area contributed by atoms with Crippen molar-refractivity contribution in [2.24, 2.45) is 0 Å². The third-order valence-corrected chi connectivity index (χ3v) is 1.42. The van der Waals surface area contributed by atoms with Gasteiger partial charge in [-0.25, -0.2) is 9.59 Å². The Morgan fingerprint density at radius 2 is 1.44 bits per heavy atom. The Morgan fingerprint density at radius 1 is 0.938 bits per heavy atom. The molecule has 0 aliphatic rings. The van der Waals surface area contributed by atoms with E-state index in [1.54, 1.807) is 0 Å². The largest absolute Gasteiger partial charge is 0.480 e. The first-order valence-electron chi connectivity index (χ1n) is 4.68. The van der Waals surface area contributed by atoms with E-state index in [9.17, 15) is 9.59 Å². The van der Waals surface area contributed by atoms with Crippen LogP contribution in [-0.4, -0.2) is 63.8 Å². The molecule has 0 aromatic carbocycles. The lowest BCUT2D eigenvalue weighted by Gasteiger charge is -2.04. The van der Waals surface area contributed by atoms with Crippen LogP contribution < -0.4 is 0 Å². The second kappa shape index (κ2) is 10.3. The van der Waals surface area contributed by atoms with Crippen LogP contribution in [0.2, 0.25) is 0 Å². The van der Waals surface area contributed by atoms with E-state index in [2.05, 4.69) is 4.74 Å². The van der Waals surface area contributed by atoms with Gasteiger partial charge in [-0.2, -0.15) is 0 Å². The summed E-state index contributed by atoms with van der Waals surface area (Å²) in [5, 5.41) is 8.23. The lowest BCUT2D eigenvalue weighted by Crippen LogP contribution is -2.15. The summed E-state index contributed by atoms with van der Waals surface area (Å²) >= 11 is 0. The van der Waals surface area contributed by atoms with Gasteiger partial charge in [0, 0.05) is 0 Å². The van der Waals surface area contributed by atoms with Gasteiger partial charge in [0.2, 0.25) is 0 Å². The maximum Gasteiger partial charge on any atom is 0.331 e. The number of hydrogen-bond acceptors (Lipinski definition) is 6. The van der Waals surface area contributed by atoms with Crippen molar-refractivity contribution < 1.29 is 33.6 Å². The van der Waals surface area contributed by atoms with Crippen LogP contribution >= 0.6 is 0 Å². The zero-order chi connectivity index (χ0) is 12.2. The van der Waals surface area contributed by atoms with E-state index < -0.39 is 11.9 Å². The number of hydrogen-bond donors (Lipinski definition) is 1. The molecule has 0 aromatic rings. The molecular weight excluding hydrogens is 220 g/mol. The first kappa shape index (κ1) is 14.8. The Bertz CT molecular complexity index is 204. The second-order valence-electron chi connectivity index (χ2n) is 2.69. The molecule has 0 fully saturated rings. The molecule has 0 rings (SSSR count). The predicted molar refractivity (Wildman–Crippen MR) is 52.1 cm³/mol. The summed E-state index contributed by atoms with van der Waals surface area (Å²) in [5.74, 6) is -1.45. The van der Waals surface area contributed by atoms with Crippen LogP contribution in [-0.2, 0) is 28.5 Å². The Labute approximate surface area is 93.2 Å². The number of esters is 1. The third-order valence-electron chi connectivity index (χ3n) is 1.42. The van der Waals surface area contributed by atoms with Crippen LogP contribution in [0, 0.1) is 0 Å².